The number of hydrogen-bond donors (Lipinski definition) is 0. The van der Waals surface area contributed by atoms with Crippen LogP contribution in [0.2, 0.25) is 25.7 Å². The molecule has 0 aliphatic heterocycles. The van der Waals surface area contributed by atoms with Gasteiger partial charge in [0.05, 0.1) is 16.7 Å². The second kappa shape index (κ2) is 11.1. The maximum Gasteiger partial charge on any atom is 0.215 e. The number of hydrogen-bond acceptors (Lipinski definition) is 8. The zero-order valence-electron chi connectivity index (χ0n) is 22.4. The maximum absolute atomic E-state index is 6.13. The molecular formula is C26H37N7OSSi. The molecule has 0 aromatic carbocycles. The van der Waals surface area contributed by atoms with E-state index in [2.05, 4.69) is 68.0 Å². The van der Waals surface area contributed by atoms with Crippen molar-refractivity contribution < 1.29 is 4.74 Å². The highest BCUT2D eigenvalue weighted by molar-refractivity contribution is 7.15. The Morgan fingerprint density at radius 2 is 1.94 bits per heavy atom. The smallest absolute Gasteiger partial charge is 0.215 e. The lowest BCUT2D eigenvalue weighted by Gasteiger charge is -2.22. The molecule has 8 nitrogen and oxygen atoms in total. The van der Waals surface area contributed by atoms with Gasteiger partial charge in [0.2, 0.25) is 5.13 Å². The fourth-order valence-electron chi connectivity index (χ4n) is 3.81. The molecule has 0 bridgehead atoms. The number of fused-ring (bicyclic) bond motifs is 1. The maximum atomic E-state index is 6.13. The average molecular weight is 524 g/mol. The molecule has 0 fully saturated rings. The fourth-order valence-corrected chi connectivity index (χ4v) is 5.41. The van der Waals surface area contributed by atoms with Crippen molar-refractivity contribution in [2.45, 2.75) is 65.2 Å². The Kier molecular flexibility index (Phi) is 8.16. The molecule has 4 aromatic rings. The van der Waals surface area contributed by atoms with Crippen molar-refractivity contribution >= 4 is 41.4 Å². The van der Waals surface area contributed by atoms with Crippen LogP contribution in [-0.4, -0.2) is 51.4 Å². The summed E-state index contributed by atoms with van der Waals surface area (Å²) in [5, 5.41) is 15.3. The number of rotatable bonds is 11. The summed E-state index contributed by atoms with van der Waals surface area (Å²) in [5.41, 5.74) is 4.91. The molecule has 4 aromatic heterocycles. The lowest BCUT2D eigenvalue weighted by molar-refractivity contribution is 0.153. The van der Waals surface area contributed by atoms with Crippen LogP contribution in [0, 0.1) is 0 Å². The molecule has 0 aliphatic rings. The van der Waals surface area contributed by atoms with E-state index in [4.69, 9.17) is 14.7 Å². The summed E-state index contributed by atoms with van der Waals surface area (Å²) in [4.78, 5) is 11.7. The predicted molar refractivity (Wildman–Crippen MR) is 151 cm³/mol. The lowest BCUT2D eigenvalue weighted by Crippen LogP contribution is -2.26. The van der Waals surface area contributed by atoms with Crippen LogP contribution in [0.15, 0.2) is 30.6 Å². The Bertz CT molecular complexity index is 1310. The Labute approximate surface area is 218 Å². The van der Waals surface area contributed by atoms with Gasteiger partial charge in [0, 0.05) is 51.2 Å². The van der Waals surface area contributed by atoms with E-state index in [1.165, 1.54) is 0 Å². The second-order valence-corrected chi connectivity index (χ2v) is 17.3. The van der Waals surface area contributed by atoms with E-state index in [0.29, 0.717) is 12.6 Å². The van der Waals surface area contributed by atoms with Crippen molar-refractivity contribution in [2.24, 2.45) is 7.05 Å². The highest BCUT2D eigenvalue weighted by Gasteiger charge is 2.20. The minimum absolute atomic E-state index is 0.319. The van der Waals surface area contributed by atoms with Gasteiger partial charge in [-0.25, -0.2) is 4.98 Å². The number of nitrogens with zero attached hydrogens (tertiary/aromatic N) is 7. The van der Waals surface area contributed by atoms with Crippen molar-refractivity contribution in [2.75, 3.05) is 18.2 Å². The van der Waals surface area contributed by atoms with E-state index in [1.807, 2.05) is 35.0 Å². The summed E-state index contributed by atoms with van der Waals surface area (Å²) in [6, 6.07) is 7.21. The van der Waals surface area contributed by atoms with Gasteiger partial charge in [-0.05, 0) is 30.7 Å². The number of ether oxygens (including phenoxy) is 1. The van der Waals surface area contributed by atoms with Crippen LogP contribution in [0.4, 0.5) is 10.9 Å². The molecule has 0 amide bonds. The molecule has 0 atom stereocenters. The minimum atomic E-state index is -1.18. The van der Waals surface area contributed by atoms with Gasteiger partial charge >= 0.3 is 0 Å². The second-order valence-electron chi connectivity index (χ2n) is 10.7. The van der Waals surface area contributed by atoms with Gasteiger partial charge in [0.25, 0.3) is 0 Å². The number of pyridine rings is 2. The topological polar surface area (TPSA) is 81.9 Å². The number of aromatic nitrogens is 6. The van der Waals surface area contributed by atoms with E-state index in [9.17, 15) is 0 Å². The first kappa shape index (κ1) is 26.4. The van der Waals surface area contributed by atoms with E-state index >= 15 is 0 Å². The highest BCUT2D eigenvalue weighted by Crippen LogP contribution is 2.32. The van der Waals surface area contributed by atoms with Gasteiger partial charge in [0.15, 0.2) is 0 Å². The SMILES string of the molecule is CCCc1nn(C)cc1-c1cnc2ccc(N(COCC[Si](C)(C)C)c3nnc(C(C)C)s3)nc2c1. The zero-order valence-corrected chi connectivity index (χ0v) is 24.3. The fraction of sp³-hybridized carbons (Fsp3) is 0.500. The van der Waals surface area contributed by atoms with Crippen molar-refractivity contribution in [3.63, 3.8) is 0 Å². The molecular weight excluding hydrogens is 486 g/mol. The van der Waals surface area contributed by atoms with Crippen LogP contribution in [-0.2, 0) is 18.2 Å². The Morgan fingerprint density at radius 1 is 1.14 bits per heavy atom. The minimum Gasteiger partial charge on any atom is -0.361 e. The molecule has 36 heavy (non-hydrogen) atoms. The summed E-state index contributed by atoms with van der Waals surface area (Å²) >= 11 is 1.59. The quantitative estimate of drug-likeness (QED) is 0.128. The number of anilines is 2. The first-order chi connectivity index (χ1) is 17.1. The van der Waals surface area contributed by atoms with E-state index in [0.717, 1.165) is 69.3 Å². The van der Waals surface area contributed by atoms with E-state index in [1.54, 1.807) is 11.3 Å². The summed E-state index contributed by atoms with van der Waals surface area (Å²) in [7, 11) is 0.777. The third-order valence-electron chi connectivity index (χ3n) is 5.87. The van der Waals surface area contributed by atoms with E-state index < -0.39 is 8.07 Å². The van der Waals surface area contributed by atoms with Crippen LogP contribution in [0.1, 0.15) is 43.8 Å². The molecule has 0 aliphatic carbocycles. The first-order valence-corrected chi connectivity index (χ1v) is 17.2. The molecule has 0 radical (unpaired) electrons. The van der Waals surface area contributed by atoms with Gasteiger partial charge in [-0.2, -0.15) is 5.10 Å². The number of aryl methyl sites for hydroxylation is 2. The van der Waals surface area contributed by atoms with Crippen LogP contribution < -0.4 is 4.90 Å². The summed E-state index contributed by atoms with van der Waals surface area (Å²) in [6.07, 6.45) is 5.95. The monoisotopic (exact) mass is 523 g/mol. The van der Waals surface area contributed by atoms with Gasteiger partial charge < -0.3 is 4.74 Å². The van der Waals surface area contributed by atoms with Gasteiger partial charge in [-0.3, -0.25) is 14.6 Å². The van der Waals surface area contributed by atoms with Crippen LogP contribution in [0.3, 0.4) is 0 Å². The van der Waals surface area contributed by atoms with Crippen molar-refractivity contribution in [3.05, 3.63) is 41.3 Å². The van der Waals surface area contributed by atoms with Crippen LogP contribution >= 0.6 is 11.3 Å². The molecule has 10 heteroatoms. The third-order valence-corrected chi connectivity index (χ3v) is 8.82. The van der Waals surface area contributed by atoms with Crippen molar-refractivity contribution in [1.29, 1.82) is 0 Å². The van der Waals surface area contributed by atoms with Crippen molar-refractivity contribution in [3.8, 4) is 11.1 Å². The molecule has 0 saturated heterocycles. The van der Waals surface area contributed by atoms with Crippen LogP contribution in [0.25, 0.3) is 22.2 Å². The normalized spacial score (nSPS) is 12.1. The van der Waals surface area contributed by atoms with E-state index in [-0.39, 0.29) is 0 Å². The Morgan fingerprint density at radius 3 is 2.64 bits per heavy atom. The van der Waals surface area contributed by atoms with Crippen LogP contribution in [0.5, 0.6) is 0 Å². The lowest BCUT2D eigenvalue weighted by atomic mass is 10.1. The summed E-state index contributed by atoms with van der Waals surface area (Å²) in [6.45, 7) is 14.6. The first-order valence-electron chi connectivity index (χ1n) is 12.6. The largest absolute Gasteiger partial charge is 0.361 e. The molecule has 0 unspecified atom stereocenters. The molecule has 0 spiro atoms. The molecule has 0 saturated carbocycles. The average Bonchev–Trinajstić information content (AvgIpc) is 3.45. The molecule has 0 N–H and O–H groups in total. The molecule has 4 rings (SSSR count). The summed E-state index contributed by atoms with van der Waals surface area (Å²) < 4.78 is 8.00. The van der Waals surface area contributed by atoms with Gasteiger partial charge in [-0.1, -0.05) is 58.2 Å². The standard InChI is InChI=1S/C26H37N7OSSi/c1-8-9-21-20(16-32(4)31-21)19-14-23-22(27-15-19)10-11-24(28-23)33(17-34-12-13-36(5,6)7)26-30-29-25(35-26)18(2)3/h10-11,14-16,18H,8-9,12-13,17H2,1-7H3. The zero-order chi connectivity index (χ0) is 25.9. The highest BCUT2D eigenvalue weighted by atomic mass is 32.1. The Hall–Kier alpha value is -2.69. The van der Waals surface area contributed by atoms with Gasteiger partial charge in [0.1, 0.15) is 17.6 Å². The Balaban J connectivity index is 1.68. The van der Waals surface area contributed by atoms with Crippen molar-refractivity contribution in [1.82, 2.24) is 29.9 Å². The third kappa shape index (κ3) is 6.35. The molecule has 192 valence electrons. The predicted octanol–water partition coefficient (Wildman–Crippen LogP) is 6.41. The molecule has 4 heterocycles. The van der Waals surface area contributed by atoms with Gasteiger partial charge in [-0.15, -0.1) is 10.2 Å². The summed E-state index contributed by atoms with van der Waals surface area (Å²) in [5.74, 6) is 1.10.